The summed E-state index contributed by atoms with van der Waals surface area (Å²) in [6, 6.07) is 9.54. The highest BCUT2D eigenvalue weighted by Gasteiger charge is 2.15. The van der Waals surface area contributed by atoms with Gasteiger partial charge >= 0.3 is 0 Å². The Morgan fingerprint density at radius 1 is 1.35 bits per heavy atom. The van der Waals surface area contributed by atoms with Crippen molar-refractivity contribution in [2.24, 2.45) is 10.9 Å². The number of benzene rings is 1. The monoisotopic (exact) mass is 381 g/mol. The van der Waals surface area contributed by atoms with E-state index in [0.717, 1.165) is 56.7 Å². The Hall–Kier alpha value is -1.44. The first kappa shape index (κ1) is 20.9. The first-order valence-corrected chi connectivity index (χ1v) is 10.7. The Morgan fingerprint density at radius 2 is 2.19 bits per heavy atom. The lowest BCUT2D eigenvalue weighted by Gasteiger charge is -2.11. The molecule has 7 heteroatoms. The Bertz CT molecular complexity index is 548. The molecule has 6 nitrogen and oxygen atoms in total. The minimum absolute atomic E-state index is 0.557. The van der Waals surface area contributed by atoms with Gasteiger partial charge in [0.1, 0.15) is 0 Å². The van der Waals surface area contributed by atoms with Crippen molar-refractivity contribution in [2.75, 3.05) is 51.8 Å². The summed E-state index contributed by atoms with van der Waals surface area (Å²) >= 11 is 0. The highest BCUT2D eigenvalue weighted by Crippen LogP contribution is 2.12. The van der Waals surface area contributed by atoms with E-state index in [2.05, 4.69) is 15.6 Å². The van der Waals surface area contributed by atoms with Gasteiger partial charge < -0.3 is 20.1 Å². The van der Waals surface area contributed by atoms with Gasteiger partial charge in [0, 0.05) is 49.4 Å². The van der Waals surface area contributed by atoms with Crippen LogP contribution >= 0.6 is 0 Å². The van der Waals surface area contributed by atoms with Crippen molar-refractivity contribution < 1.29 is 13.7 Å². The van der Waals surface area contributed by atoms with Crippen molar-refractivity contribution in [3.8, 4) is 0 Å². The lowest BCUT2D eigenvalue weighted by Crippen LogP contribution is -2.39. The van der Waals surface area contributed by atoms with Crippen LogP contribution in [0.1, 0.15) is 19.8 Å². The summed E-state index contributed by atoms with van der Waals surface area (Å²) in [7, 11) is -0.991. The lowest BCUT2D eigenvalue weighted by atomic mass is 10.1. The summed E-state index contributed by atoms with van der Waals surface area (Å²) in [4.78, 5) is 5.41. The van der Waals surface area contributed by atoms with E-state index in [1.54, 1.807) is 0 Å². The molecule has 1 heterocycles. The second kappa shape index (κ2) is 12.8. The molecule has 1 aliphatic heterocycles. The number of aliphatic imine (C=N–C) groups is 1. The van der Waals surface area contributed by atoms with Gasteiger partial charge in [0.05, 0.1) is 24.0 Å². The van der Waals surface area contributed by atoms with Crippen LogP contribution in [0.5, 0.6) is 0 Å². The topological polar surface area (TPSA) is 72.0 Å². The molecular formula is C19H31N3O3S. The van der Waals surface area contributed by atoms with Gasteiger partial charge in [-0.1, -0.05) is 18.2 Å². The van der Waals surface area contributed by atoms with Crippen molar-refractivity contribution in [1.29, 1.82) is 0 Å². The minimum atomic E-state index is -0.991. The number of hydrogen-bond acceptors (Lipinski definition) is 4. The van der Waals surface area contributed by atoms with Crippen LogP contribution in [0.3, 0.4) is 0 Å². The van der Waals surface area contributed by atoms with E-state index in [9.17, 15) is 4.21 Å². The number of guanidine groups is 1. The molecule has 1 aromatic rings. The van der Waals surface area contributed by atoms with Crippen LogP contribution in [0.4, 0.5) is 0 Å². The summed E-state index contributed by atoms with van der Waals surface area (Å²) in [5.41, 5.74) is 0. The van der Waals surface area contributed by atoms with Crippen LogP contribution in [0.25, 0.3) is 0 Å². The molecular weight excluding hydrogens is 350 g/mol. The summed E-state index contributed by atoms with van der Waals surface area (Å²) in [6.45, 7) is 7.36. The average molecular weight is 382 g/mol. The van der Waals surface area contributed by atoms with Crippen molar-refractivity contribution >= 4 is 16.8 Å². The van der Waals surface area contributed by atoms with Gasteiger partial charge in [0.15, 0.2) is 5.96 Å². The summed E-state index contributed by atoms with van der Waals surface area (Å²) < 4.78 is 23.2. The molecule has 0 radical (unpaired) electrons. The molecule has 0 saturated carbocycles. The van der Waals surface area contributed by atoms with Gasteiger partial charge in [-0.05, 0) is 31.9 Å². The lowest BCUT2D eigenvalue weighted by molar-refractivity contribution is 0.0893. The highest BCUT2D eigenvalue weighted by molar-refractivity contribution is 7.85. The molecule has 0 amide bonds. The molecule has 26 heavy (non-hydrogen) atoms. The Kier molecular flexibility index (Phi) is 10.3. The van der Waals surface area contributed by atoms with E-state index in [1.807, 2.05) is 37.3 Å². The smallest absolute Gasteiger partial charge is 0.191 e. The zero-order chi connectivity index (χ0) is 18.5. The van der Waals surface area contributed by atoms with Crippen molar-refractivity contribution in [1.82, 2.24) is 10.6 Å². The number of hydrogen-bond donors (Lipinski definition) is 2. The van der Waals surface area contributed by atoms with Crippen LogP contribution in [0.15, 0.2) is 40.2 Å². The maximum Gasteiger partial charge on any atom is 0.191 e. The van der Waals surface area contributed by atoms with Crippen molar-refractivity contribution in [2.45, 2.75) is 24.7 Å². The molecule has 1 aliphatic rings. The standard InChI is InChI=1S/C19H31N3O3S/c1-2-20-19(21-10-6-12-24-15-17-9-13-25-16-17)22-11-14-26(23)18-7-4-3-5-8-18/h3-5,7-8,17H,2,6,9-16H2,1H3,(H2,20,21,22). The predicted octanol–water partition coefficient (Wildman–Crippen LogP) is 1.79. The van der Waals surface area contributed by atoms with Crippen LogP contribution in [-0.4, -0.2) is 62.0 Å². The van der Waals surface area contributed by atoms with Crippen molar-refractivity contribution in [3.63, 3.8) is 0 Å². The molecule has 1 fully saturated rings. The average Bonchev–Trinajstić information content (AvgIpc) is 3.18. The zero-order valence-corrected chi connectivity index (χ0v) is 16.4. The first-order chi connectivity index (χ1) is 12.8. The minimum Gasteiger partial charge on any atom is -0.381 e. The maximum atomic E-state index is 12.2. The second-order valence-corrected chi connectivity index (χ2v) is 7.78. The van der Waals surface area contributed by atoms with Gasteiger partial charge in [-0.15, -0.1) is 0 Å². The summed E-state index contributed by atoms with van der Waals surface area (Å²) in [5.74, 6) is 1.88. The van der Waals surface area contributed by atoms with E-state index >= 15 is 0 Å². The molecule has 2 unspecified atom stereocenters. The van der Waals surface area contributed by atoms with E-state index < -0.39 is 10.8 Å². The zero-order valence-electron chi connectivity index (χ0n) is 15.6. The van der Waals surface area contributed by atoms with Crippen LogP contribution in [0, 0.1) is 5.92 Å². The fraction of sp³-hybridized carbons (Fsp3) is 0.632. The first-order valence-electron chi connectivity index (χ1n) is 9.40. The molecule has 2 atom stereocenters. The third-order valence-electron chi connectivity index (χ3n) is 4.02. The number of nitrogens with zero attached hydrogens (tertiary/aromatic N) is 1. The predicted molar refractivity (Wildman–Crippen MR) is 106 cm³/mol. The van der Waals surface area contributed by atoms with Crippen LogP contribution in [-0.2, 0) is 20.3 Å². The van der Waals surface area contributed by atoms with Crippen LogP contribution < -0.4 is 10.6 Å². The molecule has 1 saturated heterocycles. The van der Waals surface area contributed by atoms with E-state index in [4.69, 9.17) is 9.47 Å². The normalized spacial score (nSPS) is 18.7. The SMILES string of the molecule is CCNC(=NCCCOCC1CCOC1)NCCS(=O)c1ccccc1. The fourth-order valence-corrected chi connectivity index (χ4v) is 3.60. The maximum absolute atomic E-state index is 12.2. The Morgan fingerprint density at radius 3 is 2.92 bits per heavy atom. The van der Waals surface area contributed by atoms with Gasteiger partial charge in [-0.2, -0.15) is 0 Å². The van der Waals surface area contributed by atoms with E-state index in [-0.39, 0.29) is 0 Å². The molecule has 1 aromatic carbocycles. The van der Waals surface area contributed by atoms with E-state index in [1.165, 1.54) is 0 Å². The van der Waals surface area contributed by atoms with Gasteiger partial charge in [-0.25, -0.2) is 0 Å². The third-order valence-corrected chi connectivity index (χ3v) is 5.40. The van der Waals surface area contributed by atoms with Gasteiger partial charge in [-0.3, -0.25) is 9.20 Å². The molecule has 0 aromatic heterocycles. The third kappa shape index (κ3) is 8.29. The Balaban J connectivity index is 1.60. The number of rotatable bonds is 11. The Labute approximate surface area is 159 Å². The largest absolute Gasteiger partial charge is 0.381 e. The van der Waals surface area contributed by atoms with Crippen molar-refractivity contribution in [3.05, 3.63) is 30.3 Å². The quantitative estimate of drug-likeness (QED) is 0.347. The number of ether oxygens (including phenoxy) is 2. The second-order valence-electron chi connectivity index (χ2n) is 6.21. The van der Waals surface area contributed by atoms with E-state index in [0.29, 0.717) is 24.8 Å². The molecule has 0 aliphatic carbocycles. The summed E-state index contributed by atoms with van der Waals surface area (Å²) in [6.07, 6.45) is 2.00. The molecule has 146 valence electrons. The summed E-state index contributed by atoms with van der Waals surface area (Å²) in [5, 5.41) is 6.46. The van der Waals surface area contributed by atoms with Crippen LogP contribution in [0.2, 0.25) is 0 Å². The fourth-order valence-electron chi connectivity index (χ4n) is 2.62. The number of nitrogens with one attached hydrogen (secondary N) is 2. The van der Waals surface area contributed by atoms with Gasteiger partial charge in [0.2, 0.25) is 0 Å². The molecule has 0 bridgehead atoms. The van der Waals surface area contributed by atoms with Gasteiger partial charge in [0.25, 0.3) is 0 Å². The highest BCUT2D eigenvalue weighted by atomic mass is 32.2. The molecule has 2 rings (SSSR count). The molecule has 0 spiro atoms. The molecule has 2 N–H and O–H groups in total.